The summed E-state index contributed by atoms with van der Waals surface area (Å²) in [5.41, 5.74) is 2.42. The monoisotopic (exact) mass is 500 g/mol. The summed E-state index contributed by atoms with van der Waals surface area (Å²) in [6, 6.07) is 23.9. The number of hydrogen-bond acceptors (Lipinski definition) is 4. The highest BCUT2D eigenvalue weighted by atomic mass is 35.5. The summed E-state index contributed by atoms with van der Waals surface area (Å²) in [6.07, 6.45) is 2.87. The lowest BCUT2D eigenvalue weighted by molar-refractivity contribution is -0.123. The highest BCUT2D eigenvalue weighted by Crippen LogP contribution is 2.26. The van der Waals surface area contributed by atoms with E-state index in [0.717, 1.165) is 19.1 Å². The lowest BCUT2D eigenvalue weighted by atomic mass is 10.1. The Bertz CT molecular complexity index is 1180. The standard InChI is InChI=1S/C26H29ClN2O4S/c1-20(12-13-21-8-4-3-5-9-21)28-26(30)19-33-24-16-14-23(15-17-24)29(34(2,31)32)18-22-10-6-7-11-25(22)27/h3-11,14-17,20H,12-13,18-19H2,1-2H3,(H,28,30)/t20-/m0/s1. The van der Waals surface area contributed by atoms with Crippen molar-refractivity contribution in [1.82, 2.24) is 5.32 Å². The van der Waals surface area contributed by atoms with E-state index in [0.29, 0.717) is 22.0 Å². The zero-order valence-corrected chi connectivity index (χ0v) is 20.9. The fourth-order valence-electron chi connectivity index (χ4n) is 3.46. The molecule has 1 N–H and O–H groups in total. The average Bonchev–Trinajstić information content (AvgIpc) is 2.81. The Morgan fingerprint density at radius 1 is 1.00 bits per heavy atom. The molecule has 34 heavy (non-hydrogen) atoms. The number of benzene rings is 3. The molecule has 0 aliphatic heterocycles. The predicted molar refractivity (Wildman–Crippen MR) is 137 cm³/mol. The number of ether oxygens (including phenoxy) is 1. The molecule has 1 amide bonds. The van der Waals surface area contributed by atoms with Crippen molar-refractivity contribution in [3.63, 3.8) is 0 Å². The van der Waals surface area contributed by atoms with Crippen LogP contribution in [0.15, 0.2) is 78.9 Å². The van der Waals surface area contributed by atoms with Crippen molar-refractivity contribution in [3.8, 4) is 5.75 Å². The average molecular weight is 501 g/mol. The van der Waals surface area contributed by atoms with Gasteiger partial charge >= 0.3 is 0 Å². The number of anilines is 1. The molecule has 0 aliphatic carbocycles. The summed E-state index contributed by atoms with van der Waals surface area (Å²) in [4.78, 5) is 12.2. The van der Waals surface area contributed by atoms with Gasteiger partial charge in [-0.3, -0.25) is 9.10 Å². The third kappa shape index (κ3) is 7.78. The zero-order valence-electron chi connectivity index (χ0n) is 19.3. The molecule has 1 atom stereocenters. The van der Waals surface area contributed by atoms with Crippen molar-refractivity contribution < 1.29 is 17.9 Å². The minimum Gasteiger partial charge on any atom is -0.484 e. The van der Waals surface area contributed by atoms with Gasteiger partial charge in [0, 0.05) is 11.1 Å². The number of amides is 1. The molecule has 6 nitrogen and oxygen atoms in total. The smallest absolute Gasteiger partial charge is 0.258 e. The molecule has 3 aromatic rings. The Balaban J connectivity index is 1.53. The van der Waals surface area contributed by atoms with E-state index in [2.05, 4.69) is 17.4 Å². The van der Waals surface area contributed by atoms with E-state index in [1.807, 2.05) is 31.2 Å². The van der Waals surface area contributed by atoms with E-state index in [-0.39, 0.29) is 25.1 Å². The van der Waals surface area contributed by atoms with Crippen LogP contribution in [0.5, 0.6) is 5.75 Å². The molecule has 3 aromatic carbocycles. The number of carbonyl (C=O) groups excluding carboxylic acids is 1. The number of aryl methyl sites for hydroxylation is 1. The largest absolute Gasteiger partial charge is 0.484 e. The van der Waals surface area contributed by atoms with Gasteiger partial charge in [-0.1, -0.05) is 60.1 Å². The van der Waals surface area contributed by atoms with Gasteiger partial charge in [-0.05, 0) is 61.2 Å². The molecular weight excluding hydrogens is 472 g/mol. The first-order chi connectivity index (χ1) is 16.2. The molecule has 0 radical (unpaired) electrons. The molecule has 0 bridgehead atoms. The summed E-state index contributed by atoms with van der Waals surface area (Å²) in [5, 5.41) is 3.44. The van der Waals surface area contributed by atoms with Crippen LogP contribution >= 0.6 is 11.6 Å². The number of nitrogens with one attached hydrogen (secondary N) is 1. The molecule has 0 saturated carbocycles. The fourth-order valence-corrected chi connectivity index (χ4v) is 4.53. The minimum atomic E-state index is -3.54. The van der Waals surface area contributed by atoms with E-state index >= 15 is 0 Å². The second-order valence-corrected chi connectivity index (χ2v) is 10.5. The number of sulfonamides is 1. The van der Waals surface area contributed by atoms with E-state index in [4.69, 9.17) is 16.3 Å². The molecule has 0 fully saturated rings. The molecule has 0 unspecified atom stereocenters. The molecule has 0 saturated heterocycles. The Morgan fingerprint density at radius 2 is 1.65 bits per heavy atom. The Morgan fingerprint density at radius 3 is 2.29 bits per heavy atom. The van der Waals surface area contributed by atoms with Gasteiger partial charge in [0.25, 0.3) is 5.91 Å². The molecule has 8 heteroatoms. The van der Waals surface area contributed by atoms with Crippen LogP contribution in [-0.4, -0.2) is 33.2 Å². The van der Waals surface area contributed by atoms with Crippen LogP contribution in [-0.2, 0) is 27.8 Å². The van der Waals surface area contributed by atoms with Crippen LogP contribution in [0.2, 0.25) is 5.02 Å². The second kappa shape index (κ2) is 11.9. The van der Waals surface area contributed by atoms with E-state index in [1.165, 1.54) is 9.87 Å². The van der Waals surface area contributed by atoms with Gasteiger partial charge in [0.15, 0.2) is 6.61 Å². The molecule has 0 aromatic heterocycles. The quantitative estimate of drug-likeness (QED) is 0.409. The topological polar surface area (TPSA) is 75.7 Å². The Labute approximate surface area is 206 Å². The summed E-state index contributed by atoms with van der Waals surface area (Å²) in [6.45, 7) is 1.96. The molecule has 0 heterocycles. The van der Waals surface area contributed by atoms with Crippen molar-refractivity contribution in [2.45, 2.75) is 32.4 Å². The van der Waals surface area contributed by atoms with E-state index in [1.54, 1.807) is 42.5 Å². The van der Waals surface area contributed by atoms with Crippen molar-refractivity contribution in [3.05, 3.63) is 95.0 Å². The van der Waals surface area contributed by atoms with Gasteiger partial charge < -0.3 is 10.1 Å². The first-order valence-corrected chi connectivity index (χ1v) is 13.2. The normalized spacial score (nSPS) is 12.1. The fraction of sp³-hybridized carbons (Fsp3) is 0.269. The van der Waals surface area contributed by atoms with Gasteiger partial charge in [-0.15, -0.1) is 0 Å². The minimum absolute atomic E-state index is 0.0202. The summed E-state index contributed by atoms with van der Waals surface area (Å²) >= 11 is 6.21. The van der Waals surface area contributed by atoms with Crippen molar-refractivity contribution in [2.75, 3.05) is 17.2 Å². The third-order valence-corrected chi connectivity index (χ3v) is 6.79. The number of halogens is 1. The van der Waals surface area contributed by atoms with Crippen LogP contribution in [0.1, 0.15) is 24.5 Å². The number of hydrogen-bond donors (Lipinski definition) is 1. The maximum absolute atomic E-state index is 12.4. The first kappa shape index (κ1) is 25.6. The summed E-state index contributed by atoms with van der Waals surface area (Å²) in [7, 11) is -3.54. The molecule has 180 valence electrons. The van der Waals surface area contributed by atoms with Crippen LogP contribution in [0.4, 0.5) is 5.69 Å². The van der Waals surface area contributed by atoms with Crippen LogP contribution in [0.25, 0.3) is 0 Å². The predicted octanol–water partition coefficient (Wildman–Crippen LogP) is 4.82. The van der Waals surface area contributed by atoms with E-state index in [9.17, 15) is 13.2 Å². The lowest BCUT2D eigenvalue weighted by Gasteiger charge is -2.23. The Hall–Kier alpha value is -3.03. The maximum Gasteiger partial charge on any atom is 0.258 e. The van der Waals surface area contributed by atoms with Gasteiger partial charge in [-0.2, -0.15) is 0 Å². The van der Waals surface area contributed by atoms with E-state index < -0.39 is 10.0 Å². The lowest BCUT2D eigenvalue weighted by Crippen LogP contribution is -2.36. The molecule has 0 spiro atoms. The van der Waals surface area contributed by atoms with Crippen LogP contribution in [0.3, 0.4) is 0 Å². The highest BCUT2D eigenvalue weighted by molar-refractivity contribution is 7.92. The third-order valence-electron chi connectivity index (χ3n) is 5.28. The molecule has 3 rings (SSSR count). The zero-order chi connectivity index (χ0) is 24.6. The highest BCUT2D eigenvalue weighted by Gasteiger charge is 2.19. The number of carbonyl (C=O) groups is 1. The van der Waals surface area contributed by atoms with Gasteiger partial charge in [-0.25, -0.2) is 8.42 Å². The second-order valence-electron chi connectivity index (χ2n) is 8.14. The van der Waals surface area contributed by atoms with Gasteiger partial charge in [0.05, 0.1) is 18.5 Å². The summed E-state index contributed by atoms with van der Waals surface area (Å²) < 4.78 is 31.7. The van der Waals surface area contributed by atoms with Crippen molar-refractivity contribution >= 4 is 33.2 Å². The van der Waals surface area contributed by atoms with Crippen molar-refractivity contribution in [1.29, 1.82) is 0 Å². The van der Waals surface area contributed by atoms with Gasteiger partial charge in [0.1, 0.15) is 5.75 Å². The number of nitrogens with zero attached hydrogens (tertiary/aromatic N) is 1. The molecular formula is C26H29ClN2O4S. The Kier molecular flexibility index (Phi) is 8.96. The van der Waals surface area contributed by atoms with Crippen LogP contribution in [0, 0.1) is 0 Å². The maximum atomic E-state index is 12.4. The SMILES string of the molecule is C[C@@H](CCc1ccccc1)NC(=O)COc1ccc(N(Cc2ccccc2Cl)S(C)(=O)=O)cc1. The molecule has 0 aliphatic rings. The van der Waals surface area contributed by atoms with Gasteiger partial charge in [0.2, 0.25) is 10.0 Å². The number of rotatable bonds is 11. The van der Waals surface area contributed by atoms with Crippen LogP contribution < -0.4 is 14.4 Å². The first-order valence-electron chi connectivity index (χ1n) is 11.0. The van der Waals surface area contributed by atoms with Crippen molar-refractivity contribution in [2.24, 2.45) is 0 Å². The summed E-state index contributed by atoms with van der Waals surface area (Å²) in [5.74, 6) is 0.267.